The molecule has 0 saturated carbocycles. The van der Waals surface area contributed by atoms with Gasteiger partial charge >= 0.3 is 0 Å². The van der Waals surface area contributed by atoms with Gasteiger partial charge in [0.05, 0.1) is 17.6 Å². The second kappa shape index (κ2) is 8.81. The van der Waals surface area contributed by atoms with Gasteiger partial charge in [0, 0.05) is 5.69 Å². The lowest BCUT2D eigenvalue weighted by molar-refractivity contribution is 0.210. The molecule has 3 atom stereocenters. The second-order valence-corrected chi connectivity index (χ2v) is 8.50. The Balaban J connectivity index is 1.68. The Hall–Kier alpha value is -4.29. The van der Waals surface area contributed by atoms with Gasteiger partial charge in [0.2, 0.25) is 0 Å². The Morgan fingerprint density at radius 2 is 2.03 bits per heavy atom. The van der Waals surface area contributed by atoms with Gasteiger partial charge in [0.25, 0.3) is 5.56 Å². The minimum atomic E-state index is -0.836. The lowest BCUT2D eigenvalue weighted by Gasteiger charge is -2.27. The summed E-state index contributed by atoms with van der Waals surface area (Å²) in [5.74, 6) is 4.86. The zero-order chi connectivity index (χ0) is 24.7. The fraction of sp³-hybridized carbons (Fsp3) is 0.231. The zero-order valence-corrected chi connectivity index (χ0v) is 19.2. The number of aliphatic imine (C=N–C) groups is 2. The molecule has 3 N–H and O–H groups in total. The third-order valence-electron chi connectivity index (χ3n) is 6.04. The molecule has 2 aliphatic rings. The molecule has 0 saturated heterocycles. The topological polar surface area (TPSA) is 109 Å². The van der Waals surface area contributed by atoms with E-state index in [1.165, 1.54) is 17.0 Å². The Bertz CT molecular complexity index is 1540. The number of pyridine rings is 1. The number of benzene rings is 2. The summed E-state index contributed by atoms with van der Waals surface area (Å²) in [4.78, 5) is 22.2. The molecule has 9 heteroatoms. The molecule has 5 rings (SSSR count). The second-order valence-electron chi connectivity index (χ2n) is 8.50. The fourth-order valence-electron chi connectivity index (χ4n) is 4.42. The highest BCUT2D eigenvalue weighted by Gasteiger charge is 2.41. The van der Waals surface area contributed by atoms with E-state index in [1.807, 2.05) is 31.2 Å². The third kappa shape index (κ3) is 3.98. The molecule has 0 radical (unpaired) electrons. The average molecular weight is 471 g/mol. The summed E-state index contributed by atoms with van der Waals surface area (Å²) >= 11 is 0. The highest BCUT2D eigenvalue weighted by atomic mass is 19.1. The Morgan fingerprint density at radius 1 is 1.23 bits per heavy atom. The highest BCUT2D eigenvalue weighted by molar-refractivity contribution is 6.17. The van der Waals surface area contributed by atoms with E-state index >= 15 is 0 Å². The fourth-order valence-corrected chi connectivity index (χ4v) is 4.42. The molecule has 0 fully saturated rings. The molecule has 2 aromatic carbocycles. The molecule has 3 heterocycles. The van der Waals surface area contributed by atoms with Crippen LogP contribution in [0.4, 0.5) is 4.39 Å². The first-order chi connectivity index (χ1) is 16.8. The van der Waals surface area contributed by atoms with Crippen molar-refractivity contribution in [3.63, 3.8) is 0 Å². The number of hydrazone groups is 1. The number of hydrogen-bond acceptors (Lipinski definition) is 7. The number of halogens is 1. The van der Waals surface area contributed by atoms with Crippen LogP contribution in [0, 0.1) is 30.5 Å². The van der Waals surface area contributed by atoms with Gasteiger partial charge in [-0.25, -0.2) is 14.4 Å². The van der Waals surface area contributed by atoms with E-state index in [4.69, 9.17) is 5.73 Å². The quantitative estimate of drug-likeness (QED) is 0.573. The maximum absolute atomic E-state index is 14.7. The Kier molecular flexibility index (Phi) is 5.67. The molecule has 0 aliphatic carbocycles. The summed E-state index contributed by atoms with van der Waals surface area (Å²) in [6.07, 6.45) is 0.0420. The lowest BCUT2D eigenvalue weighted by atomic mass is 9.99. The van der Waals surface area contributed by atoms with E-state index in [0.29, 0.717) is 28.3 Å². The van der Waals surface area contributed by atoms with Gasteiger partial charge in [0.1, 0.15) is 35.7 Å². The van der Waals surface area contributed by atoms with E-state index in [0.717, 1.165) is 5.56 Å². The van der Waals surface area contributed by atoms with Crippen LogP contribution in [0.25, 0.3) is 16.5 Å². The van der Waals surface area contributed by atoms with Crippen molar-refractivity contribution in [1.82, 2.24) is 9.58 Å². The van der Waals surface area contributed by atoms with Crippen molar-refractivity contribution >= 4 is 28.7 Å². The van der Waals surface area contributed by atoms with Crippen LogP contribution < -0.4 is 11.3 Å². The molecule has 0 amide bonds. The van der Waals surface area contributed by atoms with Gasteiger partial charge in [-0.15, -0.1) is 0 Å². The number of amidine groups is 1. The largest absolute Gasteiger partial charge is 0.386 e. The molecule has 0 bridgehead atoms. The molecule has 176 valence electrons. The van der Waals surface area contributed by atoms with E-state index in [9.17, 15) is 14.3 Å². The lowest BCUT2D eigenvalue weighted by Crippen LogP contribution is -2.42. The standard InChI is InChI=1S/C26H23FN6O2/c1-15-6-3-4-9-21(15)33-18(12-17-7-5-8-19(27)22(17)26(33)35)13-32-25-23(24(28)29-14-30-25)20(31-32)11-10-16(2)34/h3-9,12,14,16,23,25,34H,13H2,1-2H3,(H2,28,29,30)/t16-,23?,25?/m1/s1. The highest BCUT2D eigenvalue weighted by Crippen LogP contribution is 2.29. The van der Waals surface area contributed by atoms with Gasteiger partial charge < -0.3 is 10.8 Å². The molecular formula is C26H23FN6O2. The minimum Gasteiger partial charge on any atom is -0.386 e. The normalized spacial score (nSPS) is 19.6. The van der Waals surface area contributed by atoms with Crippen molar-refractivity contribution in [2.75, 3.05) is 0 Å². The predicted octanol–water partition coefficient (Wildman–Crippen LogP) is 2.34. The van der Waals surface area contributed by atoms with Crippen molar-refractivity contribution in [2.24, 2.45) is 26.7 Å². The van der Waals surface area contributed by atoms with Crippen molar-refractivity contribution in [1.29, 1.82) is 0 Å². The molecule has 0 spiro atoms. The summed E-state index contributed by atoms with van der Waals surface area (Å²) in [6.45, 7) is 3.64. The first kappa shape index (κ1) is 22.5. The monoisotopic (exact) mass is 470 g/mol. The first-order valence-corrected chi connectivity index (χ1v) is 11.1. The van der Waals surface area contributed by atoms with Crippen molar-refractivity contribution in [2.45, 2.75) is 32.7 Å². The molecule has 2 unspecified atom stereocenters. The molecular weight excluding hydrogens is 447 g/mol. The van der Waals surface area contributed by atoms with Crippen LogP contribution in [0.5, 0.6) is 0 Å². The number of aryl methyl sites for hydroxylation is 1. The van der Waals surface area contributed by atoms with Crippen molar-refractivity contribution < 1.29 is 9.50 Å². The van der Waals surface area contributed by atoms with Crippen LogP contribution in [0.2, 0.25) is 0 Å². The average Bonchev–Trinajstić information content (AvgIpc) is 3.17. The number of para-hydroxylation sites is 1. The van der Waals surface area contributed by atoms with Gasteiger partial charge in [0.15, 0.2) is 6.17 Å². The number of nitrogens with zero attached hydrogens (tertiary/aromatic N) is 5. The molecule has 2 aliphatic heterocycles. The van der Waals surface area contributed by atoms with Gasteiger partial charge in [-0.2, -0.15) is 5.10 Å². The number of aliphatic hydroxyl groups excluding tert-OH is 1. The minimum absolute atomic E-state index is 0.0258. The number of rotatable bonds is 3. The van der Waals surface area contributed by atoms with Crippen molar-refractivity contribution in [3.05, 3.63) is 76.0 Å². The molecule has 3 aromatic rings. The Labute approximate surface area is 200 Å². The maximum atomic E-state index is 14.7. The van der Waals surface area contributed by atoms with Crippen LogP contribution in [0.1, 0.15) is 18.2 Å². The number of aliphatic hydroxyl groups is 1. The van der Waals surface area contributed by atoms with Crippen LogP contribution in [0.15, 0.2) is 68.4 Å². The molecule has 35 heavy (non-hydrogen) atoms. The van der Waals surface area contributed by atoms with Crippen LogP contribution in [-0.4, -0.2) is 44.8 Å². The predicted molar refractivity (Wildman–Crippen MR) is 134 cm³/mol. The number of hydrogen-bond donors (Lipinski definition) is 2. The Morgan fingerprint density at radius 3 is 2.80 bits per heavy atom. The summed E-state index contributed by atoms with van der Waals surface area (Å²) in [5, 5.41) is 16.5. The maximum Gasteiger partial charge on any atom is 0.266 e. The molecule has 8 nitrogen and oxygen atoms in total. The SMILES string of the molecule is Cc1ccccc1-n1c(CN2N=C(C#C[C@@H](C)O)C3C(N)=NC=NC32)cc2cccc(F)c2c1=O. The first-order valence-electron chi connectivity index (χ1n) is 11.1. The summed E-state index contributed by atoms with van der Waals surface area (Å²) in [6, 6.07) is 13.8. The summed E-state index contributed by atoms with van der Waals surface area (Å²) < 4.78 is 16.2. The van der Waals surface area contributed by atoms with E-state index < -0.39 is 29.6 Å². The van der Waals surface area contributed by atoms with E-state index in [-0.39, 0.29) is 11.9 Å². The van der Waals surface area contributed by atoms with Crippen LogP contribution in [-0.2, 0) is 6.54 Å². The van der Waals surface area contributed by atoms with E-state index in [2.05, 4.69) is 26.9 Å². The molecule has 1 aromatic heterocycles. The summed E-state index contributed by atoms with van der Waals surface area (Å²) in [7, 11) is 0. The van der Waals surface area contributed by atoms with Gasteiger partial charge in [-0.1, -0.05) is 36.3 Å². The zero-order valence-electron chi connectivity index (χ0n) is 19.2. The van der Waals surface area contributed by atoms with Gasteiger partial charge in [-0.3, -0.25) is 14.4 Å². The van der Waals surface area contributed by atoms with Gasteiger partial charge in [-0.05, 0) is 48.9 Å². The summed E-state index contributed by atoms with van der Waals surface area (Å²) in [5.41, 5.74) is 8.26. The number of aromatic nitrogens is 1. The van der Waals surface area contributed by atoms with E-state index in [1.54, 1.807) is 30.1 Å². The third-order valence-corrected chi connectivity index (χ3v) is 6.04. The van der Waals surface area contributed by atoms with Crippen LogP contribution in [0.3, 0.4) is 0 Å². The number of nitrogens with two attached hydrogens (primary N) is 1. The number of fused-ring (bicyclic) bond motifs is 2. The van der Waals surface area contributed by atoms with Crippen molar-refractivity contribution in [3.8, 4) is 17.5 Å². The smallest absolute Gasteiger partial charge is 0.266 e. The van der Waals surface area contributed by atoms with Crippen LogP contribution >= 0.6 is 0 Å².